The number of hydrogen-bond acceptors (Lipinski definition) is 4. The van der Waals surface area contributed by atoms with E-state index in [0.717, 1.165) is 5.56 Å². The number of ether oxygens (including phenoxy) is 3. The molecule has 0 spiro atoms. The maximum Gasteiger partial charge on any atom is 0.203 e. The zero-order chi connectivity index (χ0) is 13.1. The van der Waals surface area contributed by atoms with E-state index in [4.69, 9.17) is 14.2 Å². The molecule has 0 saturated heterocycles. The van der Waals surface area contributed by atoms with Gasteiger partial charge in [0.05, 0.1) is 21.3 Å². The predicted octanol–water partition coefficient (Wildman–Crippen LogP) is 2.07. The first-order valence-electron chi connectivity index (χ1n) is 5.55. The van der Waals surface area contributed by atoms with Crippen molar-refractivity contribution in [2.75, 3.05) is 27.1 Å². The molecule has 4 nitrogen and oxygen atoms in total. The first kappa shape index (κ1) is 13.0. The molecule has 0 amide bonds. The lowest BCUT2D eigenvalue weighted by molar-refractivity contribution is 0.323. The van der Waals surface area contributed by atoms with Gasteiger partial charge in [0.15, 0.2) is 11.5 Å². The van der Waals surface area contributed by atoms with Crippen LogP contribution in [-0.4, -0.2) is 31.3 Å². The Morgan fingerprint density at radius 3 is 2.11 bits per heavy atom. The van der Waals surface area contributed by atoms with Crippen LogP contribution in [0.15, 0.2) is 23.6 Å². The molecular weight excluding hydrogens is 252 g/mol. The van der Waals surface area contributed by atoms with Gasteiger partial charge >= 0.3 is 0 Å². The molecule has 0 radical (unpaired) electrons. The van der Waals surface area contributed by atoms with Crippen molar-refractivity contribution in [3.63, 3.8) is 0 Å². The molecule has 1 aromatic carbocycles. The number of allylic oxidation sites excluding steroid dienone is 1. The van der Waals surface area contributed by atoms with Crippen LogP contribution in [0.25, 0.3) is 0 Å². The minimum Gasteiger partial charge on any atom is -0.493 e. The Bertz CT molecular complexity index is 471. The Morgan fingerprint density at radius 2 is 1.72 bits per heavy atom. The fourth-order valence-corrected chi connectivity index (χ4v) is 3.13. The third kappa shape index (κ3) is 2.36. The Balaban J connectivity index is 2.43. The van der Waals surface area contributed by atoms with Crippen molar-refractivity contribution >= 4 is 10.8 Å². The summed E-state index contributed by atoms with van der Waals surface area (Å²) in [7, 11) is 3.88. The zero-order valence-electron chi connectivity index (χ0n) is 10.6. The Hall–Kier alpha value is -1.49. The van der Waals surface area contributed by atoms with E-state index in [1.165, 1.54) is 0 Å². The van der Waals surface area contributed by atoms with Crippen LogP contribution in [0, 0.1) is 0 Å². The largest absolute Gasteiger partial charge is 0.493 e. The van der Waals surface area contributed by atoms with Crippen molar-refractivity contribution in [3.05, 3.63) is 29.2 Å². The van der Waals surface area contributed by atoms with Crippen LogP contribution in [-0.2, 0) is 10.8 Å². The number of methoxy groups -OCH3 is 3. The molecule has 0 bridgehead atoms. The number of benzene rings is 1. The third-order valence-corrected chi connectivity index (χ3v) is 4.07. The fourth-order valence-electron chi connectivity index (χ4n) is 1.99. The van der Waals surface area contributed by atoms with Gasteiger partial charge in [-0.05, 0) is 23.1 Å². The van der Waals surface area contributed by atoms with Crippen LogP contribution >= 0.6 is 0 Å². The zero-order valence-corrected chi connectivity index (χ0v) is 11.5. The second-order valence-corrected chi connectivity index (χ2v) is 5.31. The smallest absolute Gasteiger partial charge is 0.203 e. The Morgan fingerprint density at radius 1 is 1.11 bits per heavy atom. The van der Waals surface area contributed by atoms with E-state index in [1.807, 2.05) is 18.2 Å². The van der Waals surface area contributed by atoms with Crippen molar-refractivity contribution < 1.29 is 18.4 Å². The van der Waals surface area contributed by atoms with Gasteiger partial charge in [-0.15, -0.1) is 0 Å². The van der Waals surface area contributed by atoms with Crippen LogP contribution in [0.4, 0.5) is 0 Å². The molecule has 98 valence electrons. The van der Waals surface area contributed by atoms with Gasteiger partial charge in [0, 0.05) is 22.5 Å². The molecule has 0 aromatic heterocycles. The summed E-state index contributed by atoms with van der Waals surface area (Å²) in [5.41, 5.74) is 1.02. The average molecular weight is 268 g/mol. The molecule has 18 heavy (non-hydrogen) atoms. The highest BCUT2D eigenvalue weighted by Crippen LogP contribution is 2.41. The summed E-state index contributed by atoms with van der Waals surface area (Å²) in [4.78, 5) is 0. The predicted molar refractivity (Wildman–Crippen MR) is 71.0 cm³/mol. The summed E-state index contributed by atoms with van der Waals surface area (Å²) in [6.45, 7) is 0. The average Bonchev–Trinajstić information content (AvgIpc) is 2.83. The molecular formula is C13H16O4S. The van der Waals surface area contributed by atoms with Gasteiger partial charge in [0.2, 0.25) is 5.75 Å². The Kier molecular flexibility index (Phi) is 3.91. The van der Waals surface area contributed by atoms with E-state index in [1.54, 1.807) is 26.7 Å². The molecule has 2 rings (SSSR count). The fraction of sp³-hybridized carbons (Fsp3) is 0.385. The van der Waals surface area contributed by atoms with Crippen molar-refractivity contribution in [2.45, 2.75) is 5.92 Å². The van der Waals surface area contributed by atoms with Crippen LogP contribution in [0.3, 0.4) is 0 Å². The molecule has 0 N–H and O–H groups in total. The summed E-state index contributed by atoms with van der Waals surface area (Å²) >= 11 is 0. The Labute approximate surface area is 109 Å². The number of rotatable bonds is 4. The van der Waals surface area contributed by atoms with Gasteiger partial charge in [-0.3, -0.25) is 4.21 Å². The van der Waals surface area contributed by atoms with Crippen LogP contribution in [0.2, 0.25) is 0 Å². The summed E-state index contributed by atoms with van der Waals surface area (Å²) in [5, 5.41) is 1.73. The normalized spacial score (nSPS) is 21.9. The van der Waals surface area contributed by atoms with E-state index >= 15 is 0 Å². The molecule has 1 unspecified atom stereocenters. The summed E-state index contributed by atoms with van der Waals surface area (Å²) in [6.07, 6.45) is 1.96. The highest BCUT2D eigenvalue weighted by molar-refractivity contribution is 7.88. The van der Waals surface area contributed by atoms with E-state index in [9.17, 15) is 4.21 Å². The standard InChI is InChI=1S/C13H16O4S/c1-15-11-6-10(9-4-5-18(14)8-9)7-12(16-2)13(11)17-3/h4-7,9H,8H2,1-3H3/t9-,18?/m0/s1. The van der Waals surface area contributed by atoms with Gasteiger partial charge in [-0.2, -0.15) is 0 Å². The van der Waals surface area contributed by atoms with Crippen molar-refractivity contribution in [3.8, 4) is 17.2 Å². The van der Waals surface area contributed by atoms with E-state index in [-0.39, 0.29) is 5.92 Å². The summed E-state index contributed by atoms with van der Waals surface area (Å²) in [5.74, 6) is 2.57. The second-order valence-electron chi connectivity index (χ2n) is 3.94. The molecule has 1 heterocycles. The molecule has 0 fully saturated rings. The van der Waals surface area contributed by atoms with Crippen molar-refractivity contribution in [1.29, 1.82) is 0 Å². The lowest BCUT2D eigenvalue weighted by Crippen LogP contribution is -2.02. The number of hydrogen-bond donors (Lipinski definition) is 0. The van der Waals surface area contributed by atoms with E-state index < -0.39 is 10.8 Å². The van der Waals surface area contributed by atoms with Gasteiger partial charge in [0.25, 0.3) is 0 Å². The third-order valence-electron chi connectivity index (χ3n) is 2.92. The highest BCUT2D eigenvalue weighted by atomic mass is 32.2. The molecule has 1 aliphatic rings. The molecule has 0 aliphatic carbocycles. The van der Waals surface area contributed by atoms with Crippen molar-refractivity contribution in [2.24, 2.45) is 0 Å². The molecule has 0 saturated carbocycles. The first-order chi connectivity index (χ1) is 8.69. The van der Waals surface area contributed by atoms with Crippen LogP contribution < -0.4 is 14.2 Å². The second kappa shape index (κ2) is 5.44. The molecule has 1 aromatic rings. The van der Waals surface area contributed by atoms with Crippen LogP contribution in [0.5, 0.6) is 17.2 Å². The molecule has 1 aliphatic heterocycles. The SMILES string of the molecule is COc1cc([C@H]2C=CS(=O)C2)cc(OC)c1OC. The van der Waals surface area contributed by atoms with Gasteiger partial charge < -0.3 is 14.2 Å². The van der Waals surface area contributed by atoms with Gasteiger partial charge in [-0.1, -0.05) is 6.08 Å². The lowest BCUT2D eigenvalue weighted by atomic mass is 10.0. The summed E-state index contributed by atoms with van der Waals surface area (Å²) in [6, 6.07) is 3.80. The highest BCUT2D eigenvalue weighted by Gasteiger charge is 2.21. The first-order valence-corrected chi connectivity index (χ1v) is 6.93. The van der Waals surface area contributed by atoms with E-state index in [0.29, 0.717) is 23.0 Å². The van der Waals surface area contributed by atoms with Gasteiger partial charge in [-0.25, -0.2) is 0 Å². The van der Waals surface area contributed by atoms with Crippen molar-refractivity contribution in [1.82, 2.24) is 0 Å². The quantitative estimate of drug-likeness (QED) is 0.838. The minimum absolute atomic E-state index is 0.138. The summed E-state index contributed by atoms with van der Waals surface area (Å²) < 4.78 is 27.3. The van der Waals surface area contributed by atoms with Crippen LogP contribution in [0.1, 0.15) is 11.5 Å². The topological polar surface area (TPSA) is 44.8 Å². The maximum absolute atomic E-state index is 11.4. The van der Waals surface area contributed by atoms with E-state index in [2.05, 4.69) is 0 Å². The lowest BCUT2D eigenvalue weighted by Gasteiger charge is -2.16. The maximum atomic E-state index is 11.4. The minimum atomic E-state index is -0.871. The van der Waals surface area contributed by atoms with Gasteiger partial charge in [0.1, 0.15) is 0 Å². The molecule has 2 atom stereocenters. The molecule has 5 heteroatoms. The monoisotopic (exact) mass is 268 g/mol.